The van der Waals surface area contributed by atoms with Crippen LogP contribution in [0.5, 0.6) is 0 Å². The van der Waals surface area contributed by atoms with E-state index in [4.69, 9.17) is 8.92 Å². The van der Waals surface area contributed by atoms with E-state index in [1.165, 1.54) is 0 Å². The third-order valence-corrected chi connectivity index (χ3v) is 4.23. The average Bonchev–Trinajstić information content (AvgIpc) is 2.46. The maximum Gasteiger partial charge on any atom is 0.410 e. The van der Waals surface area contributed by atoms with Gasteiger partial charge in [0.2, 0.25) is 0 Å². The third-order valence-electron chi connectivity index (χ3n) is 3.61. The van der Waals surface area contributed by atoms with E-state index < -0.39 is 15.7 Å². The number of fused-ring (bicyclic) bond motifs is 2. The van der Waals surface area contributed by atoms with Gasteiger partial charge in [-0.05, 0) is 46.5 Å². The van der Waals surface area contributed by atoms with Crippen molar-refractivity contribution in [2.24, 2.45) is 0 Å². The van der Waals surface area contributed by atoms with Crippen molar-refractivity contribution in [3.8, 4) is 0 Å². The zero-order valence-corrected chi connectivity index (χ0v) is 13.3. The Balaban J connectivity index is 2.02. The van der Waals surface area contributed by atoms with Crippen LogP contribution >= 0.6 is 0 Å². The van der Waals surface area contributed by atoms with Gasteiger partial charge in [0.1, 0.15) is 5.60 Å². The Bertz CT molecular complexity index is 467. The van der Waals surface area contributed by atoms with Gasteiger partial charge in [0.25, 0.3) is 10.1 Å². The number of rotatable bonds is 2. The van der Waals surface area contributed by atoms with Crippen molar-refractivity contribution in [3.63, 3.8) is 0 Å². The maximum atomic E-state index is 12.2. The third kappa shape index (κ3) is 3.85. The van der Waals surface area contributed by atoms with Crippen molar-refractivity contribution in [2.45, 2.75) is 70.2 Å². The summed E-state index contributed by atoms with van der Waals surface area (Å²) in [5, 5.41) is 0. The summed E-state index contributed by atoms with van der Waals surface area (Å²) in [4.78, 5) is 14.0. The number of carbonyl (C=O) groups is 1. The van der Waals surface area contributed by atoms with Crippen LogP contribution in [0.2, 0.25) is 0 Å². The van der Waals surface area contributed by atoms with Gasteiger partial charge in [0.05, 0.1) is 12.4 Å². The van der Waals surface area contributed by atoms with Gasteiger partial charge in [-0.1, -0.05) is 0 Å². The van der Waals surface area contributed by atoms with E-state index in [9.17, 15) is 13.2 Å². The molecule has 1 amide bonds. The number of carbonyl (C=O) groups excluding carboxylic acids is 1. The lowest BCUT2D eigenvalue weighted by atomic mass is 10.0. The zero-order valence-electron chi connectivity index (χ0n) is 12.5. The van der Waals surface area contributed by atoms with Gasteiger partial charge >= 0.3 is 6.09 Å². The lowest BCUT2D eigenvalue weighted by Gasteiger charge is -2.38. The molecular formula is C13H23NO5S. The summed E-state index contributed by atoms with van der Waals surface area (Å²) in [5.41, 5.74) is -0.517. The normalized spacial score (nSPS) is 30.4. The van der Waals surface area contributed by atoms with Gasteiger partial charge in [-0.25, -0.2) is 4.79 Å². The molecule has 3 atom stereocenters. The van der Waals surface area contributed by atoms with E-state index >= 15 is 0 Å². The molecule has 116 valence electrons. The average molecular weight is 305 g/mol. The molecule has 0 aliphatic carbocycles. The van der Waals surface area contributed by atoms with Gasteiger partial charge in [0, 0.05) is 12.1 Å². The van der Waals surface area contributed by atoms with Crippen molar-refractivity contribution < 1.29 is 22.1 Å². The van der Waals surface area contributed by atoms with Crippen LogP contribution in [0.3, 0.4) is 0 Å². The standard InChI is InChI=1S/C13H23NO5S/c1-13(2,3)18-12(15)14-9-5-6-10(14)8-11(7-9)19-20(4,16)17/h9-11H,5-8H2,1-4H3/t9-,10?,11-/m0/s1. The summed E-state index contributed by atoms with van der Waals surface area (Å²) in [6, 6.07) is 0.0469. The highest BCUT2D eigenvalue weighted by Gasteiger charge is 2.45. The van der Waals surface area contributed by atoms with Crippen LogP contribution in [0.1, 0.15) is 46.5 Å². The van der Waals surface area contributed by atoms with E-state index in [1.807, 2.05) is 20.8 Å². The van der Waals surface area contributed by atoms with E-state index in [0.29, 0.717) is 12.8 Å². The molecule has 0 radical (unpaired) electrons. The molecule has 0 aromatic rings. The molecule has 0 spiro atoms. The molecule has 2 aliphatic rings. The summed E-state index contributed by atoms with van der Waals surface area (Å²) >= 11 is 0. The first-order valence-electron chi connectivity index (χ1n) is 6.95. The highest BCUT2D eigenvalue weighted by molar-refractivity contribution is 7.86. The Hall–Kier alpha value is -0.820. The van der Waals surface area contributed by atoms with Crippen LogP contribution in [0, 0.1) is 0 Å². The Labute approximate surface area is 120 Å². The second kappa shape index (κ2) is 5.18. The zero-order chi connectivity index (χ0) is 15.1. The van der Waals surface area contributed by atoms with Crippen molar-refractivity contribution >= 4 is 16.2 Å². The summed E-state index contributed by atoms with van der Waals surface area (Å²) in [7, 11) is -3.44. The summed E-state index contributed by atoms with van der Waals surface area (Å²) in [6.45, 7) is 5.52. The first kappa shape index (κ1) is 15.6. The SMILES string of the molecule is CC(C)(C)OC(=O)N1C2CC[C@H]1C[C@H](OS(C)(=O)=O)C2. The Kier molecular flexibility index (Phi) is 4.03. The smallest absolute Gasteiger partial charge is 0.410 e. The Morgan fingerprint density at radius 3 is 2.05 bits per heavy atom. The second-order valence-corrected chi connectivity index (χ2v) is 8.27. The fourth-order valence-corrected chi connectivity index (χ4v) is 3.72. The lowest BCUT2D eigenvalue weighted by Crippen LogP contribution is -2.50. The number of ether oxygens (including phenoxy) is 1. The Morgan fingerprint density at radius 2 is 1.65 bits per heavy atom. The van der Waals surface area contributed by atoms with Gasteiger partial charge in [-0.15, -0.1) is 0 Å². The predicted octanol–water partition coefficient (Wildman–Crippen LogP) is 1.89. The molecular weight excluding hydrogens is 282 g/mol. The van der Waals surface area contributed by atoms with E-state index in [0.717, 1.165) is 19.1 Å². The number of nitrogens with zero attached hydrogens (tertiary/aromatic N) is 1. The summed E-state index contributed by atoms with van der Waals surface area (Å²) in [5.74, 6) is 0. The molecule has 2 heterocycles. The number of piperidine rings is 1. The molecule has 0 N–H and O–H groups in total. The van der Waals surface area contributed by atoms with Crippen molar-refractivity contribution in [1.82, 2.24) is 4.90 Å². The molecule has 6 nitrogen and oxygen atoms in total. The maximum absolute atomic E-state index is 12.2. The van der Waals surface area contributed by atoms with Crippen LogP contribution < -0.4 is 0 Å². The van der Waals surface area contributed by atoms with E-state index in [2.05, 4.69) is 0 Å². The monoisotopic (exact) mass is 305 g/mol. The van der Waals surface area contributed by atoms with Crippen LogP contribution in [0.25, 0.3) is 0 Å². The fourth-order valence-electron chi connectivity index (χ4n) is 3.07. The molecule has 2 rings (SSSR count). The molecule has 1 unspecified atom stereocenters. The largest absolute Gasteiger partial charge is 0.444 e. The minimum atomic E-state index is -3.44. The Morgan fingerprint density at radius 1 is 1.15 bits per heavy atom. The molecule has 2 bridgehead atoms. The fraction of sp³-hybridized carbons (Fsp3) is 0.923. The minimum absolute atomic E-state index is 0.0235. The van der Waals surface area contributed by atoms with Gasteiger partial charge < -0.3 is 9.64 Å². The van der Waals surface area contributed by atoms with Crippen molar-refractivity contribution in [2.75, 3.05) is 6.26 Å². The quantitative estimate of drug-likeness (QED) is 0.728. The van der Waals surface area contributed by atoms with Crippen LogP contribution in [0.4, 0.5) is 4.79 Å². The minimum Gasteiger partial charge on any atom is -0.444 e. The first-order valence-corrected chi connectivity index (χ1v) is 8.76. The van der Waals surface area contributed by atoms with Crippen molar-refractivity contribution in [1.29, 1.82) is 0 Å². The van der Waals surface area contributed by atoms with Crippen LogP contribution in [-0.4, -0.2) is 49.5 Å². The highest BCUT2D eigenvalue weighted by atomic mass is 32.2. The van der Waals surface area contributed by atoms with Crippen LogP contribution in [0.15, 0.2) is 0 Å². The van der Waals surface area contributed by atoms with Gasteiger partial charge in [-0.2, -0.15) is 8.42 Å². The number of amides is 1. The number of hydrogen-bond donors (Lipinski definition) is 0. The van der Waals surface area contributed by atoms with E-state index in [-0.39, 0.29) is 24.3 Å². The molecule has 20 heavy (non-hydrogen) atoms. The molecule has 0 saturated carbocycles. The molecule has 2 fully saturated rings. The summed E-state index contributed by atoms with van der Waals surface area (Å²) in [6.07, 6.45) is 3.32. The molecule has 0 aromatic heterocycles. The van der Waals surface area contributed by atoms with E-state index in [1.54, 1.807) is 4.90 Å². The number of hydrogen-bond acceptors (Lipinski definition) is 5. The molecule has 2 aliphatic heterocycles. The van der Waals surface area contributed by atoms with Crippen molar-refractivity contribution in [3.05, 3.63) is 0 Å². The van der Waals surface area contributed by atoms with Crippen LogP contribution in [-0.2, 0) is 19.0 Å². The second-order valence-electron chi connectivity index (χ2n) is 6.67. The lowest BCUT2D eigenvalue weighted by molar-refractivity contribution is -0.00599. The molecule has 7 heteroatoms. The first-order chi connectivity index (χ1) is 9.05. The topological polar surface area (TPSA) is 72.9 Å². The van der Waals surface area contributed by atoms with Gasteiger partial charge in [0.15, 0.2) is 0 Å². The predicted molar refractivity (Wildman–Crippen MR) is 73.8 cm³/mol. The highest BCUT2D eigenvalue weighted by Crippen LogP contribution is 2.38. The van der Waals surface area contributed by atoms with Gasteiger partial charge in [-0.3, -0.25) is 4.18 Å². The molecule has 2 saturated heterocycles. The molecule has 0 aromatic carbocycles. The summed E-state index contributed by atoms with van der Waals surface area (Å²) < 4.78 is 32.9.